The van der Waals surface area contributed by atoms with E-state index < -0.39 is 0 Å². The Bertz CT molecular complexity index is 787. The molecule has 0 saturated carbocycles. The van der Waals surface area contributed by atoms with Crippen LogP contribution in [0.3, 0.4) is 0 Å². The zero-order valence-corrected chi connectivity index (χ0v) is 15.6. The maximum atomic E-state index is 12.4. The summed E-state index contributed by atoms with van der Waals surface area (Å²) in [5.74, 6) is -0.00315. The van der Waals surface area contributed by atoms with Crippen molar-refractivity contribution in [1.29, 1.82) is 0 Å². The second-order valence-electron chi connectivity index (χ2n) is 6.46. The number of amides is 1. The molecule has 26 heavy (non-hydrogen) atoms. The van der Waals surface area contributed by atoms with E-state index in [1.807, 2.05) is 30.0 Å². The van der Waals surface area contributed by atoms with Gasteiger partial charge in [-0.2, -0.15) is 0 Å². The van der Waals surface area contributed by atoms with Crippen LogP contribution in [-0.4, -0.2) is 47.8 Å². The summed E-state index contributed by atoms with van der Waals surface area (Å²) in [7, 11) is 0. The van der Waals surface area contributed by atoms with Crippen LogP contribution in [0.25, 0.3) is 0 Å². The Morgan fingerprint density at radius 3 is 2.54 bits per heavy atom. The Hall–Kier alpha value is -2.40. The van der Waals surface area contributed by atoms with Crippen LogP contribution in [0, 0.1) is 6.92 Å². The van der Waals surface area contributed by atoms with E-state index in [0.29, 0.717) is 18.7 Å². The van der Waals surface area contributed by atoms with E-state index in [2.05, 4.69) is 9.88 Å². The molecule has 1 aliphatic rings. The predicted octanol–water partition coefficient (Wildman–Crippen LogP) is 3.36. The molecule has 3 rings (SSSR count). The molecule has 1 amide bonds. The Balaban J connectivity index is 1.50. The average molecular weight is 372 g/mol. The first-order valence-corrected chi connectivity index (χ1v) is 9.14. The summed E-state index contributed by atoms with van der Waals surface area (Å²) in [5.41, 5.74) is 2.86. The molecule has 1 saturated heterocycles. The molecule has 5 nitrogen and oxygen atoms in total. The maximum absolute atomic E-state index is 12.4. The third-order valence-electron chi connectivity index (χ3n) is 4.68. The number of carbonyl (C=O) groups excluding carboxylic acids is 2. The lowest BCUT2D eigenvalue weighted by atomic mass is 10.1. The summed E-state index contributed by atoms with van der Waals surface area (Å²) in [4.78, 5) is 32.6. The minimum Gasteiger partial charge on any atom is -0.368 e. The number of rotatable bonds is 5. The second kappa shape index (κ2) is 8.32. The van der Waals surface area contributed by atoms with Crippen LogP contribution in [0.5, 0.6) is 0 Å². The number of nitrogens with zero attached hydrogens (tertiary/aromatic N) is 3. The van der Waals surface area contributed by atoms with Crippen molar-refractivity contribution in [3.8, 4) is 0 Å². The molecular formula is C20H22ClN3O2. The minimum atomic E-state index is -0.0399. The van der Waals surface area contributed by atoms with Crippen molar-refractivity contribution in [3.05, 3.63) is 58.9 Å². The normalized spacial score (nSPS) is 14.4. The van der Waals surface area contributed by atoms with Crippen molar-refractivity contribution >= 4 is 29.0 Å². The van der Waals surface area contributed by atoms with Crippen LogP contribution in [0.2, 0.25) is 5.02 Å². The van der Waals surface area contributed by atoms with Gasteiger partial charge < -0.3 is 9.80 Å². The van der Waals surface area contributed by atoms with E-state index in [1.54, 1.807) is 24.5 Å². The molecule has 0 spiro atoms. The number of anilines is 1. The van der Waals surface area contributed by atoms with E-state index >= 15 is 0 Å². The summed E-state index contributed by atoms with van der Waals surface area (Å²) in [6.45, 7) is 4.95. The summed E-state index contributed by atoms with van der Waals surface area (Å²) in [6, 6.07) is 9.34. The lowest BCUT2D eigenvalue weighted by Gasteiger charge is -2.37. The third kappa shape index (κ3) is 4.41. The molecule has 0 aliphatic carbocycles. The van der Waals surface area contributed by atoms with Gasteiger partial charge >= 0.3 is 0 Å². The monoisotopic (exact) mass is 371 g/mol. The first kappa shape index (κ1) is 18.4. The minimum absolute atomic E-state index is 0.0368. The largest absolute Gasteiger partial charge is 0.368 e. The fourth-order valence-corrected chi connectivity index (χ4v) is 3.45. The van der Waals surface area contributed by atoms with Gasteiger partial charge in [-0.05, 0) is 42.8 Å². The van der Waals surface area contributed by atoms with Gasteiger partial charge in [-0.1, -0.05) is 11.6 Å². The van der Waals surface area contributed by atoms with Gasteiger partial charge in [-0.3, -0.25) is 14.6 Å². The van der Waals surface area contributed by atoms with Crippen LogP contribution in [0.4, 0.5) is 5.69 Å². The highest BCUT2D eigenvalue weighted by molar-refractivity contribution is 6.30. The van der Waals surface area contributed by atoms with E-state index in [1.165, 1.54) is 0 Å². The van der Waals surface area contributed by atoms with Crippen LogP contribution >= 0.6 is 11.6 Å². The van der Waals surface area contributed by atoms with Crippen molar-refractivity contribution in [2.45, 2.75) is 19.8 Å². The van der Waals surface area contributed by atoms with Gasteiger partial charge in [0.2, 0.25) is 5.91 Å². The van der Waals surface area contributed by atoms with Crippen LogP contribution in [-0.2, 0) is 4.79 Å². The number of hydrogen-bond donors (Lipinski definition) is 0. The van der Waals surface area contributed by atoms with Crippen LogP contribution < -0.4 is 4.90 Å². The molecule has 0 N–H and O–H groups in total. The van der Waals surface area contributed by atoms with E-state index in [9.17, 15) is 9.59 Å². The van der Waals surface area contributed by atoms with Crippen molar-refractivity contribution in [1.82, 2.24) is 9.88 Å². The Morgan fingerprint density at radius 2 is 1.88 bits per heavy atom. The summed E-state index contributed by atoms with van der Waals surface area (Å²) in [5, 5.41) is 0.735. The van der Waals surface area contributed by atoms with Crippen LogP contribution in [0.15, 0.2) is 42.7 Å². The molecule has 1 fully saturated rings. The maximum Gasteiger partial charge on any atom is 0.223 e. The number of Topliss-reactive ketones (excluding diaryl/α,β-unsaturated/α-hetero) is 1. The molecule has 2 heterocycles. The molecule has 136 valence electrons. The first-order chi connectivity index (χ1) is 12.5. The molecule has 1 aromatic heterocycles. The smallest absolute Gasteiger partial charge is 0.223 e. The average Bonchev–Trinajstić information content (AvgIpc) is 2.67. The fraction of sp³-hybridized carbons (Fsp3) is 0.350. The highest BCUT2D eigenvalue weighted by Crippen LogP contribution is 2.24. The van der Waals surface area contributed by atoms with Crippen molar-refractivity contribution in [2.24, 2.45) is 0 Å². The summed E-state index contributed by atoms with van der Waals surface area (Å²) >= 11 is 6.02. The zero-order valence-electron chi connectivity index (χ0n) is 14.8. The molecule has 0 unspecified atom stereocenters. The van der Waals surface area contributed by atoms with Gasteiger partial charge in [0.15, 0.2) is 5.78 Å². The number of carbonyl (C=O) groups is 2. The highest BCUT2D eigenvalue weighted by atomic mass is 35.5. The summed E-state index contributed by atoms with van der Waals surface area (Å²) < 4.78 is 0. The standard InChI is InChI=1S/C20H22ClN3O2/c1-15-13-17(21)4-5-18(15)23-9-11-24(12-10-23)20(26)7-6-19(25)16-3-2-8-22-14-16/h2-5,8,13-14H,6-7,9-12H2,1H3. The van der Waals surface area contributed by atoms with Gasteiger partial charge in [0.25, 0.3) is 0 Å². The molecule has 0 bridgehead atoms. The van der Waals surface area contributed by atoms with Crippen molar-refractivity contribution < 1.29 is 9.59 Å². The quantitative estimate of drug-likeness (QED) is 0.756. The fourth-order valence-electron chi connectivity index (χ4n) is 3.22. The summed E-state index contributed by atoms with van der Waals surface area (Å²) in [6.07, 6.45) is 3.64. The molecule has 2 aromatic rings. The Labute approximate surface area is 158 Å². The van der Waals surface area contributed by atoms with Gasteiger partial charge in [0, 0.05) is 67.7 Å². The van der Waals surface area contributed by atoms with Gasteiger partial charge in [0.1, 0.15) is 0 Å². The predicted molar refractivity (Wildman–Crippen MR) is 103 cm³/mol. The van der Waals surface area contributed by atoms with E-state index in [4.69, 9.17) is 11.6 Å². The number of ketones is 1. The van der Waals surface area contributed by atoms with E-state index in [-0.39, 0.29) is 24.5 Å². The number of hydrogen-bond acceptors (Lipinski definition) is 4. The Morgan fingerprint density at radius 1 is 1.12 bits per heavy atom. The zero-order chi connectivity index (χ0) is 18.5. The number of benzene rings is 1. The van der Waals surface area contributed by atoms with Crippen molar-refractivity contribution in [2.75, 3.05) is 31.1 Å². The van der Waals surface area contributed by atoms with E-state index in [0.717, 1.165) is 29.4 Å². The molecule has 0 atom stereocenters. The number of piperazine rings is 1. The third-order valence-corrected chi connectivity index (χ3v) is 4.92. The highest BCUT2D eigenvalue weighted by Gasteiger charge is 2.22. The molecular weight excluding hydrogens is 350 g/mol. The molecule has 0 radical (unpaired) electrons. The lowest BCUT2D eigenvalue weighted by Crippen LogP contribution is -2.49. The molecule has 1 aromatic carbocycles. The number of aryl methyl sites for hydroxylation is 1. The number of halogens is 1. The topological polar surface area (TPSA) is 53.5 Å². The van der Waals surface area contributed by atoms with Crippen molar-refractivity contribution in [3.63, 3.8) is 0 Å². The molecule has 1 aliphatic heterocycles. The Kier molecular flexibility index (Phi) is 5.89. The van der Waals surface area contributed by atoms with Gasteiger partial charge in [0.05, 0.1) is 0 Å². The lowest BCUT2D eigenvalue weighted by molar-refractivity contribution is -0.131. The number of aromatic nitrogens is 1. The molecule has 6 heteroatoms. The van der Waals surface area contributed by atoms with Gasteiger partial charge in [-0.25, -0.2) is 0 Å². The van der Waals surface area contributed by atoms with Crippen LogP contribution in [0.1, 0.15) is 28.8 Å². The number of pyridine rings is 1. The SMILES string of the molecule is Cc1cc(Cl)ccc1N1CCN(C(=O)CCC(=O)c2cccnc2)CC1. The first-order valence-electron chi connectivity index (χ1n) is 8.76. The van der Waals surface area contributed by atoms with Gasteiger partial charge in [-0.15, -0.1) is 0 Å². The second-order valence-corrected chi connectivity index (χ2v) is 6.90.